The zero-order valence-electron chi connectivity index (χ0n) is 29.6. The lowest BCUT2D eigenvalue weighted by molar-refractivity contribution is -0.170. The lowest BCUT2D eigenvalue weighted by Gasteiger charge is -2.30. The third-order valence-electron chi connectivity index (χ3n) is 8.07. The third-order valence-corrected chi connectivity index (χ3v) is 8.07. The molecule has 0 bridgehead atoms. The highest BCUT2D eigenvalue weighted by Crippen LogP contribution is 2.26. The predicted molar refractivity (Wildman–Crippen MR) is 186 cm³/mol. The van der Waals surface area contributed by atoms with Crippen molar-refractivity contribution in [3.8, 4) is 17.6 Å². The van der Waals surface area contributed by atoms with E-state index in [4.69, 9.17) is 14.2 Å². The number of Topliss-reactive ketones (excluding diaryl/α,β-unsaturated/α-hetero) is 1. The van der Waals surface area contributed by atoms with E-state index in [0.29, 0.717) is 36.4 Å². The normalized spacial score (nSPS) is 13.3. The molecule has 3 atom stereocenters. The number of carboxylic acid groups (broad SMARTS) is 1. The summed E-state index contributed by atoms with van der Waals surface area (Å²) in [5.41, 5.74) is -1.98. The number of ketones is 1. The number of hydrogen-bond acceptors (Lipinski definition) is 9. The first kappa shape index (κ1) is 42.9. The lowest BCUT2D eigenvalue weighted by Crippen LogP contribution is -2.55. The van der Waals surface area contributed by atoms with E-state index in [1.165, 1.54) is 32.4 Å². The second kappa shape index (κ2) is 24.9. The van der Waals surface area contributed by atoms with Crippen LogP contribution in [0.3, 0.4) is 0 Å². The molecule has 1 aromatic carbocycles. The molecule has 11 nitrogen and oxygen atoms in total. The maximum atomic E-state index is 13.6. The summed E-state index contributed by atoms with van der Waals surface area (Å²) in [4.78, 5) is 62.2. The quantitative estimate of drug-likeness (QED) is 0.0491. The molecule has 0 heterocycles. The van der Waals surface area contributed by atoms with Crippen molar-refractivity contribution >= 4 is 29.6 Å². The van der Waals surface area contributed by atoms with Gasteiger partial charge in [0, 0.05) is 32.6 Å². The Hall–Kier alpha value is -4.17. The Bertz CT molecular complexity index is 1260. The molecule has 0 fully saturated rings. The Morgan fingerprint density at radius 2 is 1.59 bits per heavy atom. The number of hydrogen-bond donors (Lipinski definition) is 3. The number of carboxylic acids is 1. The highest BCUT2D eigenvalue weighted by atomic mass is 16.5. The number of methoxy groups -OCH3 is 1. The van der Waals surface area contributed by atoms with E-state index in [1.807, 2.05) is 0 Å². The maximum absolute atomic E-state index is 13.6. The first-order chi connectivity index (χ1) is 23.5. The molecular weight excluding hydrogens is 630 g/mol. The molecule has 0 aliphatic carbocycles. The predicted octanol–water partition coefficient (Wildman–Crippen LogP) is 5.50. The fraction of sp³-hybridized carbons (Fsp3) is 0.605. The zero-order valence-corrected chi connectivity index (χ0v) is 29.6. The largest absolute Gasteiger partial charge is 0.481 e. The summed E-state index contributed by atoms with van der Waals surface area (Å²) < 4.78 is 15.3. The van der Waals surface area contributed by atoms with Crippen LogP contribution in [0.4, 0.5) is 0 Å². The van der Waals surface area contributed by atoms with Crippen LogP contribution in [0, 0.1) is 17.8 Å². The van der Waals surface area contributed by atoms with Crippen molar-refractivity contribution in [1.82, 2.24) is 5.32 Å². The summed E-state index contributed by atoms with van der Waals surface area (Å²) in [6, 6.07) is 5.62. The van der Waals surface area contributed by atoms with E-state index in [2.05, 4.69) is 24.1 Å². The topological polar surface area (TPSA) is 166 Å². The molecule has 272 valence electrons. The van der Waals surface area contributed by atoms with Crippen LogP contribution < -0.4 is 10.1 Å². The number of esters is 2. The second-order valence-electron chi connectivity index (χ2n) is 12.0. The van der Waals surface area contributed by atoms with Crippen molar-refractivity contribution in [2.75, 3.05) is 20.3 Å². The number of aliphatic carboxylic acids is 1. The summed E-state index contributed by atoms with van der Waals surface area (Å²) in [6.07, 6.45) is 12.9. The first-order valence-corrected chi connectivity index (χ1v) is 17.2. The van der Waals surface area contributed by atoms with Crippen LogP contribution >= 0.6 is 0 Å². The van der Waals surface area contributed by atoms with Gasteiger partial charge in [-0.25, -0.2) is 9.59 Å². The molecule has 0 saturated heterocycles. The van der Waals surface area contributed by atoms with Crippen molar-refractivity contribution in [3.63, 3.8) is 0 Å². The number of amides is 1. The van der Waals surface area contributed by atoms with E-state index in [9.17, 15) is 34.2 Å². The van der Waals surface area contributed by atoms with Gasteiger partial charge in [0.25, 0.3) is 0 Å². The summed E-state index contributed by atoms with van der Waals surface area (Å²) >= 11 is 0. The van der Waals surface area contributed by atoms with E-state index in [0.717, 1.165) is 45.4 Å². The monoisotopic (exact) mass is 685 g/mol. The smallest absolute Gasteiger partial charge is 0.336 e. The van der Waals surface area contributed by atoms with Gasteiger partial charge in [-0.15, -0.1) is 5.92 Å². The zero-order chi connectivity index (χ0) is 36.5. The van der Waals surface area contributed by atoms with Crippen LogP contribution in [-0.4, -0.2) is 71.8 Å². The summed E-state index contributed by atoms with van der Waals surface area (Å²) in [7, 11) is 1.17. The fourth-order valence-electron chi connectivity index (χ4n) is 5.18. The molecule has 0 unspecified atom stereocenters. The molecule has 0 aromatic heterocycles. The van der Waals surface area contributed by atoms with Gasteiger partial charge in [0.2, 0.25) is 5.91 Å². The number of allylic oxidation sites excluding steroid dienone is 1. The van der Waals surface area contributed by atoms with Gasteiger partial charge in [-0.1, -0.05) is 75.7 Å². The van der Waals surface area contributed by atoms with Crippen molar-refractivity contribution in [2.45, 2.75) is 122 Å². The molecular formula is C38H55NO10. The van der Waals surface area contributed by atoms with Gasteiger partial charge in [0.15, 0.2) is 5.60 Å². The molecule has 0 aliphatic rings. The molecule has 0 spiro atoms. The van der Waals surface area contributed by atoms with Crippen LogP contribution in [0.2, 0.25) is 0 Å². The number of unbranched alkanes of at least 4 members (excludes halogenated alkanes) is 8. The van der Waals surface area contributed by atoms with Crippen LogP contribution in [0.25, 0.3) is 0 Å². The average molecular weight is 686 g/mol. The summed E-state index contributed by atoms with van der Waals surface area (Å²) in [5.74, 6) is 0.739. The minimum atomic E-state index is -2.64. The van der Waals surface area contributed by atoms with E-state index in [1.54, 1.807) is 37.3 Å². The van der Waals surface area contributed by atoms with Crippen molar-refractivity contribution in [1.29, 1.82) is 0 Å². The molecule has 1 rings (SSSR count). The molecule has 0 radical (unpaired) electrons. The van der Waals surface area contributed by atoms with Gasteiger partial charge in [-0.05, 0) is 50.3 Å². The standard InChI is InChI=1S/C38H55NO10/c1-5-7-9-12-15-18-31(41)19-16-13-10-11-14-17-20-33(38(46,37(44)45)25-27-48-29(3)40)35(42)39-34(36(43)47-4)28-30-21-23-32(24-22-30)49-26-8-6-2/h17,20-24,33-34,46H,5,7,9-16,18-19,25-28H2,1-4H3,(H,39,42)(H,44,45)/b20-17+/t33-,34+,38+/m1/s1. The minimum Gasteiger partial charge on any atom is -0.481 e. The van der Waals surface area contributed by atoms with Crippen LogP contribution in [0.15, 0.2) is 36.4 Å². The summed E-state index contributed by atoms with van der Waals surface area (Å²) in [6.45, 7) is 4.79. The number of rotatable bonds is 26. The lowest BCUT2D eigenvalue weighted by atomic mass is 9.83. The Kier molecular flexibility index (Phi) is 21.8. The van der Waals surface area contributed by atoms with E-state index in [-0.39, 0.29) is 13.0 Å². The maximum Gasteiger partial charge on any atom is 0.336 e. The number of aliphatic hydroxyl groups is 1. The highest BCUT2D eigenvalue weighted by Gasteiger charge is 2.47. The van der Waals surface area contributed by atoms with Crippen LogP contribution in [-0.2, 0) is 39.9 Å². The number of ether oxygens (including phenoxy) is 3. The number of benzene rings is 1. The Morgan fingerprint density at radius 3 is 2.16 bits per heavy atom. The molecule has 0 aliphatic heterocycles. The molecule has 1 aromatic rings. The third kappa shape index (κ3) is 17.7. The first-order valence-electron chi connectivity index (χ1n) is 17.2. The number of carbonyl (C=O) groups is 5. The van der Waals surface area contributed by atoms with E-state index >= 15 is 0 Å². The van der Waals surface area contributed by atoms with Crippen molar-refractivity contribution in [3.05, 3.63) is 42.0 Å². The van der Waals surface area contributed by atoms with Gasteiger partial charge in [-0.3, -0.25) is 14.4 Å². The van der Waals surface area contributed by atoms with Gasteiger partial charge < -0.3 is 29.7 Å². The van der Waals surface area contributed by atoms with Crippen molar-refractivity contribution in [2.24, 2.45) is 5.92 Å². The number of carbonyl (C=O) groups excluding carboxylic acids is 4. The van der Waals surface area contributed by atoms with Gasteiger partial charge in [0.05, 0.1) is 19.6 Å². The summed E-state index contributed by atoms with van der Waals surface area (Å²) in [5, 5.41) is 23.9. The number of nitrogens with one attached hydrogen (secondary N) is 1. The van der Waals surface area contributed by atoms with Crippen LogP contribution in [0.5, 0.6) is 5.75 Å². The molecule has 49 heavy (non-hydrogen) atoms. The molecule has 0 saturated carbocycles. The van der Waals surface area contributed by atoms with Gasteiger partial charge in [0.1, 0.15) is 24.2 Å². The second-order valence-corrected chi connectivity index (χ2v) is 12.0. The average Bonchev–Trinajstić information content (AvgIpc) is 3.07. The highest BCUT2D eigenvalue weighted by molar-refractivity contribution is 5.92. The van der Waals surface area contributed by atoms with Gasteiger partial charge >= 0.3 is 17.9 Å². The van der Waals surface area contributed by atoms with Gasteiger partial charge in [-0.2, -0.15) is 0 Å². The van der Waals surface area contributed by atoms with E-state index < -0.39 is 54.4 Å². The SMILES string of the molecule is CC#CCOc1ccc(C[C@H](NC(=O)[C@@H](/C=C/CCCCCCC(=O)CCCCCCC)[C@@](O)(CCOC(C)=O)C(=O)O)C(=O)OC)cc1. The Morgan fingerprint density at radius 1 is 0.959 bits per heavy atom. The fourth-order valence-corrected chi connectivity index (χ4v) is 5.18. The Balaban J connectivity index is 2.95. The van der Waals surface area contributed by atoms with Crippen molar-refractivity contribution < 1.29 is 48.4 Å². The molecule has 3 N–H and O–H groups in total. The Labute approximate surface area is 291 Å². The molecule has 1 amide bonds. The minimum absolute atomic E-state index is 0.0181. The van der Waals surface area contributed by atoms with Crippen LogP contribution in [0.1, 0.15) is 110 Å². The molecule has 11 heteroatoms.